The Hall–Kier alpha value is -2.62. The molecule has 3 aromatic rings. The number of hydrogen-bond donors (Lipinski definition) is 1. The second kappa shape index (κ2) is 8.40. The molecule has 1 unspecified atom stereocenters. The number of rotatable bonds is 7. The van der Waals surface area contributed by atoms with Gasteiger partial charge in [-0.15, -0.1) is 0 Å². The van der Waals surface area contributed by atoms with Crippen molar-refractivity contribution in [2.24, 2.45) is 0 Å². The van der Waals surface area contributed by atoms with Crippen molar-refractivity contribution < 1.29 is 21.2 Å². The summed E-state index contributed by atoms with van der Waals surface area (Å²) in [6, 6.07) is 14.3. The van der Waals surface area contributed by atoms with E-state index in [9.17, 15) is 21.2 Å². The van der Waals surface area contributed by atoms with Crippen LogP contribution in [0.15, 0.2) is 82.8 Å². The van der Waals surface area contributed by atoms with Gasteiger partial charge < -0.3 is 0 Å². The van der Waals surface area contributed by atoms with Crippen LogP contribution in [0.2, 0.25) is 0 Å². The van der Waals surface area contributed by atoms with Crippen molar-refractivity contribution in [1.29, 1.82) is 0 Å². The summed E-state index contributed by atoms with van der Waals surface area (Å²) in [4.78, 5) is 3.89. The molecule has 0 fully saturated rings. The van der Waals surface area contributed by atoms with Gasteiger partial charge in [-0.1, -0.05) is 24.3 Å². The molecule has 1 heterocycles. The van der Waals surface area contributed by atoms with Gasteiger partial charge in [-0.25, -0.2) is 25.9 Å². The normalized spacial score (nSPS) is 13.2. The molecule has 0 spiro atoms. The molecule has 0 saturated carbocycles. The van der Waals surface area contributed by atoms with E-state index in [0.29, 0.717) is 5.56 Å². The quantitative estimate of drug-likeness (QED) is 0.617. The molecule has 0 bridgehead atoms. The van der Waals surface area contributed by atoms with Gasteiger partial charge >= 0.3 is 0 Å². The zero-order valence-corrected chi connectivity index (χ0v) is 17.1. The Labute approximate surface area is 169 Å². The molecule has 152 valence electrons. The summed E-state index contributed by atoms with van der Waals surface area (Å²) in [5.41, 5.74) is 0.530. The van der Waals surface area contributed by atoms with Gasteiger partial charge in [0.25, 0.3) is 0 Å². The van der Waals surface area contributed by atoms with Crippen LogP contribution in [0.4, 0.5) is 4.39 Å². The fourth-order valence-electron chi connectivity index (χ4n) is 2.80. The topological polar surface area (TPSA) is 93.2 Å². The minimum atomic E-state index is -4.05. The number of hydrogen-bond acceptors (Lipinski definition) is 5. The zero-order chi connectivity index (χ0) is 21.1. The number of nitrogens with one attached hydrogen (secondary N) is 1. The van der Waals surface area contributed by atoms with Crippen molar-refractivity contribution >= 4 is 19.9 Å². The molecule has 0 aliphatic rings. The lowest BCUT2D eigenvalue weighted by Crippen LogP contribution is -2.32. The van der Waals surface area contributed by atoms with Gasteiger partial charge in [0.2, 0.25) is 10.0 Å². The van der Waals surface area contributed by atoms with Crippen LogP contribution in [0.1, 0.15) is 16.4 Å². The van der Waals surface area contributed by atoms with E-state index in [0.717, 1.165) is 12.1 Å². The Bertz CT molecular complexity index is 1200. The van der Waals surface area contributed by atoms with E-state index in [4.69, 9.17) is 0 Å². The SMILES string of the molecule is Cc1cc(S(=O)(=O)NCC(c2cccnc2)S(=O)(=O)c2ccccc2)ccc1F. The Kier molecular flexibility index (Phi) is 6.11. The molecule has 6 nitrogen and oxygen atoms in total. The van der Waals surface area contributed by atoms with Gasteiger partial charge in [0.05, 0.1) is 9.79 Å². The first kappa shape index (κ1) is 21.1. The fraction of sp³-hybridized carbons (Fsp3) is 0.150. The van der Waals surface area contributed by atoms with Crippen LogP contribution in [0.5, 0.6) is 0 Å². The number of pyridine rings is 1. The lowest BCUT2D eigenvalue weighted by Gasteiger charge is -2.19. The Balaban J connectivity index is 1.95. The minimum Gasteiger partial charge on any atom is -0.264 e. The molecule has 1 aromatic heterocycles. The first-order valence-corrected chi connectivity index (χ1v) is 11.7. The number of aromatic nitrogens is 1. The zero-order valence-electron chi connectivity index (χ0n) is 15.5. The maximum Gasteiger partial charge on any atom is 0.240 e. The molecular weight excluding hydrogens is 415 g/mol. The molecule has 0 amide bonds. The summed E-state index contributed by atoms with van der Waals surface area (Å²) in [5.74, 6) is -0.524. The highest BCUT2D eigenvalue weighted by molar-refractivity contribution is 7.92. The van der Waals surface area contributed by atoms with Crippen LogP contribution in [0.3, 0.4) is 0 Å². The van der Waals surface area contributed by atoms with E-state index in [1.54, 1.807) is 30.3 Å². The van der Waals surface area contributed by atoms with Gasteiger partial charge in [-0.3, -0.25) is 4.98 Å². The molecule has 0 aliphatic heterocycles. The van der Waals surface area contributed by atoms with Crippen LogP contribution in [0, 0.1) is 12.7 Å². The van der Waals surface area contributed by atoms with Crippen molar-refractivity contribution in [2.45, 2.75) is 22.0 Å². The number of nitrogens with zero attached hydrogens (tertiary/aromatic N) is 1. The van der Waals surface area contributed by atoms with Crippen LogP contribution in [-0.2, 0) is 19.9 Å². The third-order valence-electron chi connectivity index (χ3n) is 4.40. The number of sulfonamides is 1. The smallest absolute Gasteiger partial charge is 0.240 e. The van der Waals surface area contributed by atoms with Crippen molar-refractivity contribution in [3.05, 3.63) is 90.0 Å². The van der Waals surface area contributed by atoms with E-state index < -0.39 is 37.5 Å². The molecule has 9 heteroatoms. The van der Waals surface area contributed by atoms with Gasteiger partial charge in [-0.05, 0) is 54.4 Å². The van der Waals surface area contributed by atoms with Crippen LogP contribution in [-0.4, -0.2) is 28.4 Å². The molecule has 1 atom stereocenters. The standard InChI is InChI=1S/C20H19FN2O4S2/c1-15-12-18(9-10-19(15)21)29(26,27)23-14-20(16-6-5-11-22-13-16)28(24,25)17-7-3-2-4-8-17/h2-13,20,23H,14H2,1H3. The Morgan fingerprint density at radius 2 is 1.69 bits per heavy atom. The van der Waals surface area contributed by atoms with Crippen molar-refractivity contribution in [3.8, 4) is 0 Å². The Morgan fingerprint density at radius 3 is 2.31 bits per heavy atom. The molecule has 29 heavy (non-hydrogen) atoms. The maximum atomic E-state index is 13.5. The highest BCUT2D eigenvalue weighted by Gasteiger charge is 2.31. The molecule has 0 saturated heterocycles. The summed E-state index contributed by atoms with van der Waals surface area (Å²) in [6.45, 7) is 1.05. The summed E-state index contributed by atoms with van der Waals surface area (Å²) in [6.07, 6.45) is 2.89. The molecular formula is C20H19FN2O4S2. The Morgan fingerprint density at radius 1 is 0.966 bits per heavy atom. The molecule has 3 rings (SSSR count). The predicted octanol–water partition coefficient (Wildman–Crippen LogP) is 3.02. The predicted molar refractivity (Wildman–Crippen MR) is 107 cm³/mol. The number of aryl methyl sites for hydroxylation is 1. The third-order valence-corrected chi connectivity index (χ3v) is 7.94. The first-order valence-electron chi connectivity index (χ1n) is 8.66. The summed E-state index contributed by atoms with van der Waals surface area (Å²) < 4.78 is 67.5. The van der Waals surface area contributed by atoms with Gasteiger partial charge in [0.15, 0.2) is 9.84 Å². The molecule has 2 aromatic carbocycles. The van der Waals surface area contributed by atoms with Crippen LogP contribution < -0.4 is 4.72 Å². The van der Waals surface area contributed by atoms with E-state index in [2.05, 4.69) is 9.71 Å². The molecule has 0 aliphatic carbocycles. The molecule has 1 N–H and O–H groups in total. The highest BCUT2D eigenvalue weighted by atomic mass is 32.2. The van der Waals surface area contributed by atoms with Crippen LogP contribution in [0.25, 0.3) is 0 Å². The van der Waals surface area contributed by atoms with Crippen molar-refractivity contribution in [2.75, 3.05) is 6.54 Å². The van der Waals surface area contributed by atoms with Crippen molar-refractivity contribution in [3.63, 3.8) is 0 Å². The second-order valence-electron chi connectivity index (χ2n) is 6.40. The first-order chi connectivity index (χ1) is 13.7. The third kappa shape index (κ3) is 4.69. The summed E-state index contributed by atoms with van der Waals surface area (Å²) in [7, 11) is -7.95. The van der Waals surface area contributed by atoms with Gasteiger partial charge in [0, 0.05) is 18.9 Å². The monoisotopic (exact) mass is 434 g/mol. The lowest BCUT2D eigenvalue weighted by molar-refractivity contribution is 0.568. The summed E-state index contributed by atoms with van der Waals surface area (Å²) in [5, 5.41) is -1.19. The van der Waals surface area contributed by atoms with E-state index >= 15 is 0 Å². The summed E-state index contributed by atoms with van der Waals surface area (Å²) >= 11 is 0. The van der Waals surface area contributed by atoms with E-state index in [-0.39, 0.29) is 15.4 Å². The van der Waals surface area contributed by atoms with Gasteiger partial charge in [-0.2, -0.15) is 0 Å². The van der Waals surface area contributed by atoms with Crippen LogP contribution >= 0.6 is 0 Å². The molecule has 0 radical (unpaired) electrons. The number of halogens is 1. The number of sulfone groups is 1. The lowest BCUT2D eigenvalue weighted by atomic mass is 10.2. The average Bonchev–Trinajstić information content (AvgIpc) is 2.71. The average molecular weight is 435 g/mol. The second-order valence-corrected chi connectivity index (χ2v) is 10.3. The van der Waals surface area contributed by atoms with E-state index in [1.807, 2.05) is 0 Å². The highest BCUT2D eigenvalue weighted by Crippen LogP contribution is 2.28. The van der Waals surface area contributed by atoms with Gasteiger partial charge in [0.1, 0.15) is 11.1 Å². The van der Waals surface area contributed by atoms with E-state index in [1.165, 1.54) is 37.5 Å². The van der Waals surface area contributed by atoms with Crippen molar-refractivity contribution in [1.82, 2.24) is 9.71 Å². The number of benzene rings is 2. The minimum absolute atomic E-state index is 0.0747. The largest absolute Gasteiger partial charge is 0.264 e. The maximum absolute atomic E-state index is 13.5. The fourth-order valence-corrected chi connectivity index (χ4v) is 5.70.